The van der Waals surface area contributed by atoms with Crippen LogP contribution in [0.25, 0.3) is 0 Å². The molecule has 2 fully saturated rings. The summed E-state index contributed by atoms with van der Waals surface area (Å²) in [5, 5.41) is 3.33. The van der Waals surface area contributed by atoms with Crippen molar-refractivity contribution in [3.05, 3.63) is 48.3 Å². The van der Waals surface area contributed by atoms with Crippen molar-refractivity contribution < 1.29 is 9.59 Å². The number of amides is 2. The summed E-state index contributed by atoms with van der Waals surface area (Å²) in [5.74, 6) is -0.0907. The molecule has 1 aromatic heterocycles. The van der Waals surface area contributed by atoms with E-state index in [9.17, 15) is 9.59 Å². The van der Waals surface area contributed by atoms with Gasteiger partial charge in [-0.2, -0.15) is 0 Å². The monoisotopic (exact) mass is 379 g/mol. The molecule has 0 bridgehead atoms. The van der Waals surface area contributed by atoms with Crippen LogP contribution in [-0.4, -0.2) is 66.4 Å². The lowest BCUT2D eigenvalue weighted by atomic mass is 10.2. The van der Waals surface area contributed by atoms with Gasteiger partial charge in [0.15, 0.2) is 0 Å². The molecule has 2 saturated heterocycles. The predicted molar refractivity (Wildman–Crippen MR) is 109 cm³/mol. The SMILES string of the molecule is O=CN1CCN(C(=O)c2ccc(Nc3ccc(N4CCCC4)cc3)cn2)CC1. The first kappa shape index (κ1) is 18.3. The third-order valence-electron chi connectivity index (χ3n) is 5.36. The summed E-state index contributed by atoms with van der Waals surface area (Å²) < 4.78 is 0. The molecule has 2 amide bonds. The topological polar surface area (TPSA) is 68.8 Å². The normalized spacial score (nSPS) is 16.9. The summed E-state index contributed by atoms with van der Waals surface area (Å²) in [6.07, 6.45) is 5.05. The van der Waals surface area contributed by atoms with Crippen LogP contribution in [0.15, 0.2) is 42.6 Å². The molecule has 4 rings (SSSR count). The second kappa shape index (κ2) is 8.29. The first-order valence-corrected chi connectivity index (χ1v) is 9.80. The zero-order chi connectivity index (χ0) is 19.3. The molecule has 0 unspecified atom stereocenters. The van der Waals surface area contributed by atoms with Gasteiger partial charge in [-0.1, -0.05) is 0 Å². The van der Waals surface area contributed by atoms with Crippen molar-refractivity contribution in [2.75, 3.05) is 49.5 Å². The largest absolute Gasteiger partial charge is 0.372 e. The van der Waals surface area contributed by atoms with Crippen molar-refractivity contribution in [2.24, 2.45) is 0 Å². The van der Waals surface area contributed by atoms with Crippen LogP contribution in [-0.2, 0) is 4.79 Å². The van der Waals surface area contributed by atoms with Crippen molar-refractivity contribution in [3.8, 4) is 0 Å². The lowest BCUT2D eigenvalue weighted by Crippen LogP contribution is -2.48. The number of benzene rings is 1. The average molecular weight is 379 g/mol. The van der Waals surface area contributed by atoms with Crippen LogP contribution in [0, 0.1) is 0 Å². The van der Waals surface area contributed by atoms with Gasteiger partial charge in [-0.05, 0) is 49.2 Å². The summed E-state index contributed by atoms with van der Waals surface area (Å²) in [4.78, 5) is 33.5. The van der Waals surface area contributed by atoms with Gasteiger partial charge in [0.25, 0.3) is 5.91 Å². The van der Waals surface area contributed by atoms with Crippen LogP contribution >= 0.6 is 0 Å². The van der Waals surface area contributed by atoms with Crippen LogP contribution < -0.4 is 10.2 Å². The Bertz CT molecular complexity index is 808. The maximum atomic E-state index is 12.6. The predicted octanol–water partition coefficient (Wildman–Crippen LogP) is 2.34. The Hall–Kier alpha value is -3.09. The number of hydrogen-bond donors (Lipinski definition) is 1. The second-order valence-corrected chi connectivity index (χ2v) is 7.23. The number of anilines is 3. The fourth-order valence-electron chi connectivity index (χ4n) is 3.68. The van der Waals surface area contributed by atoms with E-state index in [1.807, 2.05) is 6.07 Å². The molecule has 7 heteroatoms. The van der Waals surface area contributed by atoms with Gasteiger partial charge in [-0.25, -0.2) is 4.98 Å². The quantitative estimate of drug-likeness (QED) is 0.808. The molecule has 1 aromatic carbocycles. The highest BCUT2D eigenvalue weighted by atomic mass is 16.2. The van der Waals surface area contributed by atoms with Gasteiger partial charge in [-0.15, -0.1) is 0 Å². The molecule has 0 aliphatic carbocycles. The number of nitrogens with one attached hydrogen (secondary N) is 1. The minimum absolute atomic E-state index is 0.0907. The van der Waals surface area contributed by atoms with Gasteiger partial charge >= 0.3 is 0 Å². The molecule has 0 atom stereocenters. The van der Waals surface area contributed by atoms with Gasteiger partial charge in [-0.3, -0.25) is 9.59 Å². The Morgan fingerprint density at radius 1 is 0.893 bits per heavy atom. The number of carbonyl (C=O) groups is 2. The van der Waals surface area contributed by atoms with Gasteiger partial charge in [0.1, 0.15) is 5.69 Å². The van der Waals surface area contributed by atoms with E-state index in [2.05, 4.69) is 39.5 Å². The standard InChI is InChI=1S/C21H25N5O2/c27-16-24-11-13-26(14-12-24)21(28)20-8-5-18(15-22-20)23-17-3-6-19(7-4-17)25-9-1-2-10-25/h3-8,15-16,23H,1-2,9-14H2. The molecule has 2 aliphatic heterocycles. The first-order valence-electron chi connectivity index (χ1n) is 9.80. The number of hydrogen-bond acceptors (Lipinski definition) is 5. The number of rotatable bonds is 5. The van der Waals surface area contributed by atoms with Crippen molar-refractivity contribution >= 4 is 29.4 Å². The molecular formula is C21H25N5O2. The Morgan fingerprint density at radius 2 is 1.57 bits per heavy atom. The smallest absolute Gasteiger partial charge is 0.272 e. The van der Waals surface area contributed by atoms with Crippen molar-refractivity contribution in [1.29, 1.82) is 0 Å². The van der Waals surface area contributed by atoms with Crippen molar-refractivity contribution in [2.45, 2.75) is 12.8 Å². The number of nitrogens with zero attached hydrogens (tertiary/aromatic N) is 4. The van der Waals surface area contributed by atoms with Crippen LogP contribution in [0.4, 0.5) is 17.1 Å². The zero-order valence-corrected chi connectivity index (χ0v) is 15.9. The molecule has 7 nitrogen and oxygen atoms in total. The molecule has 146 valence electrons. The minimum atomic E-state index is -0.0907. The molecular weight excluding hydrogens is 354 g/mol. The summed E-state index contributed by atoms with van der Waals surface area (Å²) >= 11 is 0. The second-order valence-electron chi connectivity index (χ2n) is 7.23. The molecule has 1 N–H and O–H groups in total. The van der Waals surface area contributed by atoms with Crippen molar-refractivity contribution in [1.82, 2.24) is 14.8 Å². The van der Waals surface area contributed by atoms with E-state index in [1.54, 1.807) is 22.1 Å². The van der Waals surface area contributed by atoms with E-state index in [1.165, 1.54) is 18.5 Å². The van der Waals surface area contributed by atoms with Crippen LogP contribution in [0.5, 0.6) is 0 Å². The molecule has 28 heavy (non-hydrogen) atoms. The highest BCUT2D eigenvalue weighted by molar-refractivity contribution is 5.92. The Labute approximate surface area is 164 Å². The minimum Gasteiger partial charge on any atom is -0.372 e. The van der Waals surface area contributed by atoms with E-state index < -0.39 is 0 Å². The highest BCUT2D eigenvalue weighted by Crippen LogP contribution is 2.24. The lowest BCUT2D eigenvalue weighted by Gasteiger charge is -2.32. The summed E-state index contributed by atoms with van der Waals surface area (Å²) in [5.41, 5.74) is 3.52. The van der Waals surface area contributed by atoms with Gasteiger partial charge in [0.2, 0.25) is 6.41 Å². The number of aromatic nitrogens is 1. The van der Waals surface area contributed by atoms with Crippen LogP contribution in [0.2, 0.25) is 0 Å². The van der Waals surface area contributed by atoms with E-state index in [0.717, 1.165) is 30.9 Å². The van der Waals surface area contributed by atoms with Crippen LogP contribution in [0.3, 0.4) is 0 Å². The van der Waals surface area contributed by atoms with Crippen molar-refractivity contribution in [3.63, 3.8) is 0 Å². The summed E-state index contributed by atoms with van der Waals surface area (Å²) in [7, 11) is 0. The lowest BCUT2D eigenvalue weighted by molar-refractivity contribution is -0.119. The van der Waals surface area contributed by atoms with E-state index in [0.29, 0.717) is 31.9 Å². The Morgan fingerprint density at radius 3 is 2.18 bits per heavy atom. The van der Waals surface area contributed by atoms with Gasteiger partial charge < -0.3 is 20.0 Å². The molecule has 0 radical (unpaired) electrons. The van der Waals surface area contributed by atoms with E-state index >= 15 is 0 Å². The Balaban J connectivity index is 1.35. The molecule has 3 heterocycles. The first-order chi connectivity index (χ1) is 13.7. The molecule has 2 aliphatic rings. The van der Waals surface area contributed by atoms with Gasteiger partial charge in [0.05, 0.1) is 11.9 Å². The summed E-state index contributed by atoms with van der Waals surface area (Å²) in [6, 6.07) is 12.0. The maximum absolute atomic E-state index is 12.6. The third kappa shape index (κ3) is 4.08. The maximum Gasteiger partial charge on any atom is 0.272 e. The molecule has 0 spiro atoms. The fourth-order valence-corrected chi connectivity index (χ4v) is 3.68. The third-order valence-corrected chi connectivity index (χ3v) is 5.36. The van der Waals surface area contributed by atoms with E-state index in [4.69, 9.17) is 0 Å². The Kier molecular flexibility index (Phi) is 5.41. The number of carbonyl (C=O) groups excluding carboxylic acids is 2. The van der Waals surface area contributed by atoms with E-state index in [-0.39, 0.29) is 5.91 Å². The fraction of sp³-hybridized carbons (Fsp3) is 0.381. The summed E-state index contributed by atoms with van der Waals surface area (Å²) in [6.45, 7) is 4.50. The van der Waals surface area contributed by atoms with Gasteiger partial charge in [0, 0.05) is 50.6 Å². The highest BCUT2D eigenvalue weighted by Gasteiger charge is 2.22. The molecule has 2 aromatic rings. The molecule has 0 saturated carbocycles. The average Bonchev–Trinajstić information content (AvgIpc) is 3.29. The number of pyridine rings is 1. The van der Waals surface area contributed by atoms with Crippen LogP contribution in [0.1, 0.15) is 23.3 Å². The number of piperazine rings is 1. The zero-order valence-electron chi connectivity index (χ0n) is 15.9.